The average molecular weight is 264 g/mol. The quantitative estimate of drug-likeness (QED) is 0.882. The molecular weight excluding hydrogens is 253 g/mol. The molecule has 0 fully saturated rings. The number of benzene rings is 1. The molecule has 1 aromatic rings. The number of anilines is 1. The van der Waals surface area contributed by atoms with E-state index >= 15 is 0 Å². The van der Waals surface area contributed by atoms with Crippen molar-refractivity contribution in [2.45, 2.75) is 13.0 Å². The summed E-state index contributed by atoms with van der Waals surface area (Å²) in [5.74, 6) is 0. The van der Waals surface area contributed by atoms with Crippen molar-refractivity contribution in [1.29, 1.82) is 0 Å². The SMILES string of the molecule is C[C@H](O)CN(C(=O)O)c1ccc(Cl)cc1Cl. The smallest absolute Gasteiger partial charge is 0.411 e. The summed E-state index contributed by atoms with van der Waals surface area (Å²) >= 11 is 11.6. The zero-order valence-corrected chi connectivity index (χ0v) is 10.0. The molecule has 0 spiro atoms. The highest BCUT2D eigenvalue weighted by Crippen LogP contribution is 2.29. The number of amides is 1. The number of halogens is 2. The van der Waals surface area contributed by atoms with Crippen LogP contribution in [0.1, 0.15) is 6.92 Å². The fourth-order valence-corrected chi connectivity index (χ4v) is 1.75. The molecule has 0 aliphatic rings. The summed E-state index contributed by atoms with van der Waals surface area (Å²) in [6, 6.07) is 4.50. The van der Waals surface area contributed by atoms with E-state index in [4.69, 9.17) is 28.3 Å². The van der Waals surface area contributed by atoms with Crippen LogP contribution in [0, 0.1) is 0 Å². The number of aliphatic hydroxyl groups is 1. The van der Waals surface area contributed by atoms with E-state index in [1.54, 1.807) is 6.07 Å². The molecule has 0 unspecified atom stereocenters. The van der Waals surface area contributed by atoms with Crippen LogP contribution in [-0.2, 0) is 0 Å². The Morgan fingerprint density at radius 1 is 1.50 bits per heavy atom. The molecule has 0 aliphatic carbocycles. The van der Waals surface area contributed by atoms with Crippen LogP contribution in [0.15, 0.2) is 18.2 Å². The lowest BCUT2D eigenvalue weighted by atomic mass is 10.2. The van der Waals surface area contributed by atoms with Crippen molar-refractivity contribution < 1.29 is 15.0 Å². The Bertz CT molecular complexity index is 396. The first-order valence-electron chi connectivity index (χ1n) is 4.55. The van der Waals surface area contributed by atoms with Crippen LogP contribution < -0.4 is 4.90 Å². The molecule has 0 aromatic heterocycles. The van der Waals surface area contributed by atoms with Gasteiger partial charge in [-0.15, -0.1) is 0 Å². The average Bonchev–Trinajstić information content (AvgIpc) is 2.14. The first kappa shape index (κ1) is 13.1. The molecule has 16 heavy (non-hydrogen) atoms. The maximum atomic E-state index is 11.0. The fourth-order valence-electron chi connectivity index (χ4n) is 1.24. The van der Waals surface area contributed by atoms with E-state index in [9.17, 15) is 9.90 Å². The number of aliphatic hydroxyl groups excluding tert-OH is 1. The molecule has 0 saturated heterocycles. The van der Waals surface area contributed by atoms with Crippen molar-refractivity contribution in [2.75, 3.05) is 11.4 Å². The third-order valence-electron chi connectivity index (χ3n) is 1.88. The second-order valence-corrected chi connectivity index (χ2v) is 4.18. The van der Waals surface area contributed by atoms with Crippen LogP contribution in [0.2, 0.25) is 10.0 Å². The fraction of sp³-hybridized carbons (Fsp3) is 0.300. The number of rotatable bonds is 3. The molecule has 6 heteroatoms. The van der Waals surface area contributed by atoms with E-state index in [1.165, 1.54) is 19.1 Å². The zero-order valence-electron chi connectivity index (χ0n) is 8.52. The number of hydrogen-bond acceptors (Lipinski definition) is 2. The molecule has 0 radical (unpaired) electrons. The van der Waals surface area contributed by atoms with E-state index in [0.717, 1.165) is 4.90 Å². The number of hydrogen-bond donors (Lipinski definition) is 2. The summed E-state index contributed by atoms with van der Waals surface area (Å²) < 4.78 is 0. The minimum atomic E-state index is -1.18. The summed E-state index contributed by atoms with van der Waals surface area (Å²) in [6.45, 7) is 1.45. The third kappa shape index (κ3) is 3.27. The van der Waals surface area contributed by atoms with Gasteiger partial charge in [0.05, 0.1) is 23.4 Å². The van der Waals surface area contributed by atoms with Crippen LogP contribution in [-0.4, -0.2) is 29.0 Å². The molecule has 4 nitrogen and oxygen atoms in total. The Balaban J connectivity index is 3.06. The first-order chi connectivity index (χ1) is 7.41. The van der Waals surface area contributed by atoms with E-state index in [2.05, 4.69) is 0 Å². The van der Waals surface area contributed by atoms with E-state index in [-0.39, 0.29) is 11.6 Å². The molecule has 1 atom stereocenters. The molecule has 0 bridgehead atoms. The highest BCUT2D eigenvalue weighted by molar-refractivity contribution is 6.36. The Morgan fingerprint density at radius 2 is 2.12 bits per heavy atom. The molecule has 0 saturated carbocycles. The first-order valence-corrected chi connectivity index (χ1v) is 5.31. The predicted molar refractivity (Wildman–Crippen MR) is 63.5 cm³/mol. The minimum absolute atomic E-state index is 0.0450. The minimum Gasteiger partial charge on any atom is -0.465 e. The van der Waals surface area contributed by atoms with Gasteiger partial charge in [0.1, 0.15) is 0 Å². The molecular formula is C10H11Cl2NO3. The summed E-state index contributed by atoms with van der Waals surface area (Å²) in [5.41, 5.74) is 0.305. The van der Waals surface area contributed by atoms with Crippen LogP contribution in [0.4, 0.5) is 10.5 Å². The van der Waals surface area contributed by atoms with Crippen LogP contribution in [0.3, 0.4) is 0 Å². The summed E-state index contributed by atoms with van der Waals surface area (Å²) in [7, 11) is 0. The number of carbonyl (C=O) groups is 1. The lowest BCUT2D eigenvalue weighted by Crippen LogP contribution is -2.35. The summed E-state index contributed by atoms with van der Waals surface area (Å²) in [4.78, 5) is 12.0. The number of carboxylic acid groups (broad SMARTS) is 1. The molecule has 1 aromatic carbocycles. The summed E-state index contributed by atoms with van der Waals surface area (Å²) in [5, 5.41) is 18.9. The monoisotopic (exact) mass is 263 g/mol. The zero-order chi connectivity index (χ0) is 12.3. The Morgan fingerprint density at radius 3 is 2.56 bits per heavy atom. The van der Waals surface area contributed by atoms with Gasteiger partial charge in [-0.05, 0) is 25.1 Å². The highest BCUT2D eigenvalue weighted by Gasteiger charge is 2.19. The van der Waals surface area contributed by atoms with Gasteiger partial charge >= 0.3 is 6.09 Å². The van der Waals surface area contributed by atoms with Crippen molar-refractivity contribution in [3.05, 3.63) is 28.2 Å². The van der Waals surface area contributed by atoms with Crippen molar-refractivity contribution >= 4 is 35.0 Å². The van der Waals surface area contributed by atoms with Crippen molar-refractivity contribution in [1.82, 2.24) is 0 Å². The van der Waals surface area contributed by atoms with Gasteiger partial charge in [0.2, 0.25) is 0 Å². The van der Waals surface area contributed by atoms with Gasteiger partial charge in [-0.2, -0.15) is 0 Å². The van der Waals surface area contributed by atoms with E-state index in [0.29, 0.717) is 10.7 Å². The van der Waals surface area contributed by atoms with Gasteiger partial charge in [-0.1, -0.05) is 23.2 Å². The third-order valence-corrected chi connectivity index (χ3v) is 2.42. The van der Waals surface area contributed by atoms with Gasteiger partial charge < -0.3 is 10.2 Å². The van der Waals surface area contributed by atoms with Gasteiger partial charge in [0.15, 0.2) is 0 Å². The summed E-state index contributed by atoms with van der Waals surface area (Å²) in [6.07, 6.45) is -1.95. The standard InChI is InChI=1S/C10H11Cl2NO3/c1-6(14)5-13(10(15)16)9-3-2-7(11)4-8(9)12/h2-4,6,14H,5H2,1H3,(H,15,16)/t6-/m0/s1. The second-order valence-electron chi connectivity index (χ2n) is 3.34. The largest absolute Gasteiger partial charge is 0.465 e. The van der Waals surface area contributed by atoms with Crippen molar-refractivity contribution in [3.63, 3.8) is 0 Å². The Kier molecular flexibility index (Phi) is 4.41. The van der Waals surface area contributed by atoms with Crippen LogP contribution in [0.5, 0.6) is 0 Å². The van der Waals surface area contributed by atoms with Gasteiger partial charge in [0.25, 0.3) is 0 Å². The maximum Gasteiger partial charge on any atom is 0.411 e. The number of nitrogens with zero attached hydrogens (tertiary/aromatic N) is 1. The topological polar surface area (TPSA) is 60.8 Å². The van der Waals surface area contributed by atoms with Crippen LogP contribution >= 0.6 is 23.2 Å². The van der Waals surface area contributed by atoms with Crippen LogP contribution in [0.25, 0.3) is 0 Å². The maximum absolute atomic E-state index is 11.0. The molecule has 88 valence electrons. The lowest BCUT2D eigenvalue weighted by Gasteiger charge is -2.21. The van der Waals surface area contributed by atoms with Gasteiger partial charge in [0, 0.05) is 5.02 Å². The second kappa shape index (κ2) is 5.39. The van der Waals surface area contributed by atoms with Crippen molar-refractivity contribution in [3.8, 4) is 0 Å². The molecule has 1 amide bonds. The van der Waals surface area contributed by atoms with Gasteiger partial charge in [-0.3, -0.25) is 4.90 Å². The molecule has 1 rings (SSSR count). The van der Waals surface area contributed by atoms with E-state index in [1.807, 2.05) is 0 Å². The molecule has 0 heterocycles. The van der Waals surface area contributed by atoms with E-state index < -0.39 is 12.2 Å². The van der Waals surface area contributed by atoms with Gasteiger partial charge in [-0.25, -0.2) is 4.79 Å². The lowest BCUT2D eigenvalue weighted by molar-refractivity contribution is 0.180. The Labute approximate surface area is 103 Å². The predicted octanol–water partition coefficient (Wildman–Crippen LogP) is 2.86. The molecule has 0 aliphatic heterocycles. The highest BCUT2D eigenvalue weighted by atomic mass is 35.5. The Hall–Kier alpha value is -0.970. The molecule has 2 N–H and O–H groups in total. The normalized spacial score (nSPS) is 12.2. The van der Waals surface area contributed by atoms with Crippen molar-refractivity contribution in [2.24, 2.45) is 0 Å².